The predicted molar refractivity (Wildman–Crippen MR) is 80.9 cm³/mol. The van der Waals surface area contributed by atoms with E-state index in [9.17, 15) is 4.39 Å². The van der Waals surface area contributed by atoms with Crippen LogP contribution in [-0.4, -0.2) is 9.97 Å². The van der Waals surface area contributed by atoms with Crippen molar-refractivity contribution in [2.24, 2.45) is 0 Å². The highest BCUT2D eigenvalue weighted by Crippen LogP contribution is 2.29. The molecule has 0 fully saturated rings. The van der Waals surface area contributed by atoms with Gasteiger partial charge in [-0.05, 0) is 47.7 Å². The van der Waals surface area contributed by atoms with Crippen molar-refractivity contribution < 1.29 is 4.39 Å². The third kappa shape index (κ3) is 2.59. The van der Waals surface area contributed by atoms with Crippen molar-refractivity contribution in [3.63, 3.8) is 0 Å². The van der Waals surface area contributed by atoms with Gasteiger partial charge in [-0.3, -0.25) is 0 Å². The van der Waals surface area contributed by atoms with Crippen LogP contribution >= 0.6 is 22.9 Å². The van der Waals surface area contributed by atoms with Gasteiger partial charge in [0.25, 0.3) is 0 Å². The predicted octanol–water partition coefficient (Wildman–Crippen LogP) is 4.66. The zero-order valence-corrected chi connectivity index (χ0v) is 12.2. The van der Waals surface area contributed by atoms with Gasteiger partial charge in [-0.2, -0.15) is 0 Å². The minimum atomic E-state index is -0.244. The van der Waals surface area contributed by atoms with Crippen molar-refractivity contribution in [2.75, 3.05) is 5.32 Å². The highest BCUT2D eigenvalue weighted by Gasteiger charge is 2.11. The van der Waals surface area contributed by atoms with Crippen molar-refractivity contribution in [2.45, 2.75) is 13.0 Å². The number of halogens is 2. The van der Waals surface area contributed by atoms with Crippen molar-refractivity contribution in [1.29, 1.82) is 0 Å². The van der Waals surface area contributed by atoms with Gasteiger partial charge < -0.3 is 5.32 Å². The van der Waals surface area contributed by atoms with E-state index in [4.69, 9.17) is 11.6 Å². The Morgan fingerprint density at radius 1 is 1.20 bits per heavy atom. The monoisotopic (exact) mass is 307 g/mol. The number of thiophene rings is 1. The zero-order valence-electron chi connectivity index (χ0n) is 10.6. The van der Waals surface area contributed by atoms with Gasteiger partial charge in [-0.25, -0.2) is 14.4 Å². The lowest BCUT2D eigenvalue weighted by molar-refractivity contribution is 0.626. The highest BCUT2D eigenvalue weighted by molar-refractivity contribution is 7.16. The van der Waals surface area contributed by atoms with Crippen molar-refractivity contribution >= 4 is 39.0 Å². The number of aromatic nitrogens is 2. The van der Waals surface area contributed by atoms with Crippen LogP contribution in [0.25, 0.3) is 10.2 Å². The van der Waals surface area contributed by atoms with E-state index in [0.717, 1.165) is 15.8 Å². The fourth-order valence-electron chi connectivity index (χ4n) is 1.98. The molecule has 2 heterocycles. The Balaban J connectivity index is 1.92. The van der Waals surface area contributed by atoms with Crippen LogP contribution in [0.5, 0.6) is 0 Å². The lowest BCUT2D eigenvalue weighted by atomic mass is 10.1. The Morgan fingerprint density at radius 2 is 1.95 bits per heavy atom. The third-order valence-corrected chi connectivity index (χ3v) is 4.00. The molecule has 2 aromatic heterocycles. The Bertz CT molecular complexity index is 742. The van der Waals surface area contributed by atoms with Crippen LogP contribution in [0.15, 0.2) is 35.7 Å². The molecule has 1 atom stereocenters. The first-order valence-electron chi connectivity index (χ1n) is 6.06. The van der Waals surface area contributed by atoms with Gasteiger partial charge in [0, 0.05) is 6.04 Å². The average Bonchev–Trinajstić information content (AvgIpc) is 2.87. The summed E-state index contributed by atoms with van der Waals surface area (Å²) in [6.45, 7) is 1.99. The summed E-state index contributed by atoms with van der Waals surface area (Å²) >= 11 is 7.44. The molecule has 0 saturated carbocycles. The van der Waals surface area contributed by atoms with Crippen molar-refractivity contribution in [3.8, 4) is 0 Å². The first-order valence-corrected chi connectivity index (χ1v) is 7.32. The Hall–Kier alpha value is -1.72. The van der Waals surface area contributed by atoms with E-state index in [1.807, 2.05) is 18.4 Å². The summed E-state index contributed by atoms with van der Waals surface area (Å²) in [5.41, 5.74) is 0.976. The molecule has 3 nitrogen and oxygen atoms in total. The van der Waals surface area contributed by atoms with E-state index in [1.165, 1.54) is 23.5 Å². The molecule has 3 aromatic rings. The van der Waals surface area contributed by atoms with Crippen LogP contribution in [-0.2, 0) is 0 Å². The molecule has 0 spiro atoms. The third-order valence-electron chi connectivity index (χ3n) is 3.02. The van der Waals surface area contributed by atoms with E-state index in [-0.39, 0.29) is 17.1 Å². The number of fused-ring (bicyclic) bond motifs is 1. The number of nitrogens with zero attached hydrogens (tertiary/aromatic N) is 2. The summed E-state index contributed by atoms with van der Waals surface area (Å²) in [5.74, 6) is 0.448. The van der Waals surface area contributed by atoms with E-state index < -0.39 is 0 Å². The molecule has 0 aliphatic heterocycles. The molecule has 0 aliphatic rings. The van der Waals surface area contributed by atoms with Crippen molar-refractivity contribution in [1.82, 2.24) is 9.97 Å². The summed E-state index contributed by atoms with van der Waals surface area (Å²) in [5, 5.41) is 6.40. The molecule has 3 rings (SSSR count). The number of hydrogen-bond donors (Lipinski definition) is 1. The maximum atomic E-state index is 12.9. The van der Waals surface area contributed by atoms with Crippen molar-refractivity contribution in [3.05, 3.63) is 52.4 Å². The fraction of sp³-hybridized carbons (Fsp3) is 0.143. The summed E-state index contributed by atoms with van der Waals surface area (Å²) < 4.78 is 12.9. The maximum absolute atomic E-state index is 12.9. The lowest BCUT2D eigenvalue weighted by Crippen LogP contribution is -2.08. The van der Waals surface area contributed by atoms with Crippen LogP contribution in [0.1, 0.15) is 18.5 Å². The van der Waals surface area contributed by atoms with Gasteiger partial charge in [0.2, 0.25) is 5.28 Å². The molecule has 0 bridgehead atoms. The topological polar surface area (TPSA) is 37.8 Å². The van der Waals surface area contributed by atoms with Gasteiger partial charge in [0.1, 0.15) is 16.5 Å². The second kappa shape index (κ2) is 5.34. The number of rotatable bonds is 3. The van der Waals surface area contributed by atoms with E-state index in [2.05, 4.69) is 15.3 Å². The first-order chi connectivity index (χ1) is 9.63. The molecule has 0 amide bonds. The van der Waals surface area contributed by atoms with Gasteiger partial charge in [0.15, 0.2) is 0 Å². The number of anilines is 1. The van der Waals surface area contributed by atoms with E-state index in [0.29, 0.717) is 5.82 Å². The minimum absolute atomic E-state index is 0.00957. The molecule has 102 valence electrons. The molecule has 0 aliphatic carbocycles. The SMILES string of the molecule is CC(Nc1nc(Cl)nc2sccc12)c1ccc(F)cc1. The molecule has 0 radical (unpaired) electrons. The lowest BCUT2D eigenvalue weighted by Gasteiger charge is -2.15. The molecule has 0 saturated heterocycles. The smallest absolute Gasteiger partial charge is 0.225 e. The van der Waals surface area contributed by atoms with Crippen LogP contribution in [0, 0.1) is 5.82 Å². The number of benzene rings is 1. The van der Waals surface area contributed by atoms with Crippen LogP contribution < -0.4 is 5.32 Å². The molecule has 1 N–H and O–H groups in total. The first kappa shape index (κ1) is 13.3. The number of nitrogens with one attached hydrogen (secondary N) is 1. The second-order valence-electron chi connectivity index (χ2n) is 4.40. The van der Waals surface area contributed by atoms with Crippen LogP contribution in [0.2, 0.25) is 5.28 Å². The summed E-state index contributed by atoms with van der Waals surface area (Å²) in [6.07, 6.45) is 0. The molecule has 6 heteroatoms. The number of hydrogen-bond acceptors (Lipinski definition) is 4. The van der Waals surface area contributed by atoms with Gasteiger partial charge in [-0.1, -0.05) is 12.1 Å². The van der Waals surface area contributed by atoms with Gasteiger partial charge >= 0.3 is 0 Å². The van der Waals surface area contributed by atoms with Crippen LogP contribution in [0.3, 0.4) is 0 Å². The minimum Gasteiger partial charge on any atom is -0.363 e. The molecular weight excluding hydrogens is 297 g/mol. The quantitative estimate of drug-likeness (QED) is 0.715. The molecule has 1 unspecified atom stereocenters. The maximum Gasteiger partial charge on any atom is 0.225 e. The Labute approximate surface area is 124 Å². The highest BCUT2D eigenvalue weighted by atomic mass is 35.5. The molecule has 1 aromatic carbocycles. The second-order valence-corrected chi connectivity index (χ2v) is 5.63. The Morgan fingerprint density at radius 3 is 2.70 bits per heavy atom. The van der Waals surface area contributed by atoms with Gasteiger partial charge in [-0.15, -0.1) is 11.3 Å². The average molecular weight is 308 g/mol. The molecular formula is C14H11ClFN3S. The van der Waals surface area contributed by atoms with Crippen LogP contribution in [0.4, 0.5) is 10.2 Å². The fourth-order valence-corrected chi connectivity index (χ4v) is 2.96. The summed E-state index contributed by atoms with van der Waals surface area (Å²) in [6, 6.07) is 8.34. The zero-order chi connectivity index (χ0) is 14.1. The van der Waals surface area contributed by atoms with E-state index in [1.54, 1.807) is 12.1 Å². The molecule has 20 heavy (non-hydrogen) atoms. The standard InChI is InChI=1S/C14H11ClFN3S/c1-8(9-2-4-10(16)5-3-9)17-12-11-6-7-20-13(11)19-14(15)18-12/h2-8H,1H3,(H,17,18,19). The summed E-state index contributed by atoms with van der Waals surface area (Å²) in [7, 11) is 0. The van der Waals surface area contributed by atoms with E-state index >= 15 is 0 Å². The van der Waals surface area contributed by atoms with Gasteiger partial charge in [0.05, 0.1) is 5.39 Å². The Kier molecular flexibility index (Phi) is 3.54. The normalized spacial score (nSPS) is 12.6. The largest absolute Gasteiger partial charge is 0.363 e. The summed E-state index contributed by atoms with van der Waals surface area (Å²) in [4.78, 5) is 9.25.